The lowest BCUT2D eigenvalue weighted by atomic mass is 10.2. The second-order valence-electron chi connectivity index (χ2n) is 4.53. The highest BCUT2D eigenvalue weighted by Crippen LogP contribution is 2.26. The second-order valence-corrected chi connectivity index (χ2v) is 7.20. The smallest absolute Gasteiger partial charge is 0.244 e. The summed E-state index contributed by atoms with van der Waals surface area (Å²) in [5.74, 6) is 0.226. The van der Waals surface area contributed by atoms with Crippen molar-refractivity contribution in [3.05, 3.63) is 34.8 Å². The molecule has 1 aromatic carbocycles. The Morgan fingerprint density at radius 3 is 2.86 bits per heavy atom. The Bertz CT molecular complexity index is 699. The normalized spacial score (nSPS) is 13.0. The van der Waals surface area contributed by atoms with Crippen LogP contribution < -0.4 is 15.2 Å². The zero-order chi connectivity index (χ0) is 15.5. The van der Waals surface area contributed by atoms with Gasteiger partial charge in [0.1, 0.15) is 10.6 Å². The molecule has 1 aromatic heterocycles. The van der Waals surface area contributed by atoms with E-state index in [4.69, 9.17) is 10.5 Å². The topological polar surface area (TPSA) is 94.3 Å². The van der Waals surface area contributed by atoms with Crippen LogP contribution in [0.25, 0.3) is 0 Å². The first-order valence-corrected chi connectivity index (χ1v) is 8.63. The molecule has 0 aliphatic rings. The number of thiazole rings is 1. The SMILES string of the molecule is COc1cc(N)ccc1S(=O)(=O)NCC(C)c1nccs1. The monoisotopic (exact) mass is 327 g/mol. The molecule has 1 heterocycles. The van der Waals surface area contributed by atoms with Crippen LogP contribution in [0.3, 0.4) is 0 Å². The predicted molar refractivity (Wildman–Crippen MR) is 83.1 cm³/mol. The maximum atomic E-state index is 12.3. The molecule has 114 valence electrons. The van der Waals surface area contributed by atoms with Crippen molar-refractivity contribution in [1.82, 2.24) is 9.71 Å². The standard InChI is InChI=1S/C13H17N3O3S2/c1-9(13-15-5-6-20-13)8-16-21(17,18)12-4-3-10(14)7-11(12)19-2/h3-7,9,16H,8,14H2,1-2H3. The van der Waals surface area contributed by atoms with Crippen LogP contribution in [0.5, 0.6) is 5.75 Å². The van der Waals surface area contributed by atoms with Crippen molar-refractivity contribution in [2.24, 2.45) is 0 Å². The molecule has 0 aliphatic heterocycles. The number of hydrogen-bond acceptors (Lipinski definition) is 6. The Labute approximate surface area is 128 Å². The van der Waals surface area contributed by atoms with E-state index in [1.807, 2.05) is 12.3 Å². The molecule has 21 heavy (non-hydrogen) atoms. The lowest BCUT2D eigenvalue weighted by molar-refractivity contribution is 0.402. The molecule has 0 saturated carbocycles. The fourth-order valence-electron chi connectivity index (χ4n) is 1.78. The van der Waals surface area contributed by atoms with Gasteiger partial charge in [0, 0.05) is 35.8 Å². The number of benzene rings is 1. The number of hydrogen-bond donors (Lipinski definition) is 2. The molecular formula is C13H17N3O3S2. The third kappa shape index (κ3) is 3.72. The molecule has 0 bridgehead atoms. The van der Waals surface area contributed by atoms with Crippen LogP contribution in [0.15, 0.2) is 34.7 Å². The van der Waals surface area contributed by atoms with Crippen LogP contribution in [0.4, 0.5) is 5.69 Å². The van der Waals surface area contributed by atoms with Gasteiger partial charge >= 0.3 is 0 Å². The summed E-state index contributed by atoms with van der Waals surface area (Å²) < 4.78 is 32.4. The summed E-state index contributed by atoms with van der Waals surface area (Å²) in [5.41, 5.74) is 6.08. The molecule has 0 radical (unpaired) electrons. The molecule has 0 fully saturated rings. The molecule has 6 nitrogen and oxygen atoms in total. The van der Waals surface area contributed by atoms with Crippen LogP contribution in [0.2, 0.25) is 0 Å². The number of aromatic nitrogens is 1. The van der Waals surface area contributed by atoms with Crippen LogP contribution in [-0.4, -0.2) is 27.1 Å². The van der Waals surface area contributed by atoms with Gasteiger partial charge in [0.15, 0.2) is 0 Å². The first-order valence-electron chi connectivity index (χ1n) is 6.26. The van der Waals surface area contributed by atoms with Crippen molar-refractivity contribution in [3.8, 4) is 5.75 Å². The number of rotatable bonds is 6. The van der Waals surface area contributed by atoms with E-state index in [1.54, 1.807) is 6.20 Å². The van der Waals surface area contributed by atoms with E-state index >= 15 is 0 Å². The van der Waals surface area contributed by atoms with Crippen molar-refractivity contribution >= 4 is 27.0 Å². The summed E-state index contributed by atoms with van der Waals surface area (Å²) >= 11 is 1.50. The van der Waals surface area contributed by atoms with Gasteiger partial charge in [-0.1, -0.05) is 6.92 Å². The fourth-order valence-corrected chi connectivity index (χ4v) is 3.76. The summed E-state index contributed by atoms with van der Waals surface area (Å²) in [6.45, 7) is 2.19. The minimum absolute atomic E-state index is 0.000415. The van der Waals surface area contributed by atoms with Gasteiger partial charge in [0.25, 0.3) is 0 Å². The molecule has 3 N–H and O–H groups in total. The predicted octanol–water partition coefficient (Wildman–Crippen LogP) is 1.82. The first kappa shape index (κ1) is 15.7. The molecule has 0 aliphatic carbocycles. The van der Waals surface area contributed by atoms with Gasteiger partial charge in [0.2, 0.25) is 10.0 Å². The van der Waals surface area contributed by atoms with E-state index in [2.05, 4.69) is 9.71 Å². The average Bonchev–Trinajstić information content (AvgIpc) is 2.98. The zero-order valence-electron chi connectivity index (χ0n) is 11.7. The Balaban J connectivity index is 2.15. The van der Waals surface area contributed by atoms with Gasteiger partial charge in [-0.15, -0.1) is 11.3 Å². The molecule has 8 heteroatoms. The molecule has 2 rings (SSSR count). The second kappa shape index (κ2) is 6.42. The molecule has 1 unspecified atom stereocenters. The maximum Gasteiger partial charge on any atom is 0.244 e. The summed E-state index contributed by atoms with van der Waals surface area (Å²) in [4.78, 5) is 4.25. The lowest BCUT2D eigenvalue weighted by Gasteiger charge is -2.13. The highest BCUT2D eigenvalue weighted by atomic mass is 32.2. The number of nitrogens with one attached hydrogen (secondary N) is 1. The van der Waals surface area contributed by atoms with E-state index in [9.17, 15) is 8.42 Å². The summed E-state index contributed by atoms with van der Waals surface area (Å²) in [6, 6.07) is 4.45. The van der Waals surface area contributed by atoms with Crippen molar-refractivity contribution in [2.75, 3.05) is 19.4 Å². The molecule has 2 aromatic rings. The summed E-state index contributed by atoms with van der Waals surface area (Å²) in [7, 11) is -2.25. The zero-order valence-corrected chi connectivity index (χ0v) is 13.4. The van der Waals surface area contributed by atoms with E-state index in [0.717, 1.165) is 5.01 Å². The number of ether oxygens (including phenoxy) is 1. The van der Waals surface area contributed by atoms with E-state index < -0.39 is 10.0 Å². The van der Waals surface area contributed by atoms with Crippen molar-refractivity contribution in [2.45, 2.75) is 17.7 Å². The first-order chi connectivity index (χ1) is 9.94. The molecular weight excluding hydrogens is 310 g/mol. The Morgan fingerprint density at radius 2 is 2.24 bits per heavy atom. The van der Waals surface area contributed by atoms with Gasteiger partial charge in [-0.05, 0) is 12.1 Å². The largest absolute Gasteiger partial charge is 0.495 e. The molecule has 0 amide bonds. The number of nitrogens with two attached hydrogens (primary N) is 1. The third-order valence-electron chi connectivity index (χ3n) is 2.93. The highest BCUT2D eigenvalue weighted by molar-refractivity contribution is 7.89. The molecule has 0 spiro atoms. The lowest BCUT2D eigenvalue weighted by Crippen LogP contribution is -2.28. The number of methoxy groups -OCH3 is 1. The van der Waals surface area contributed by atoms with Crippen LogP contribution in [0.1, 0.15) is 17.8 Å². The minimum Gasteiger partial charge on any atom is -0.495 e. The van der Waals surface area contributed by atoms with Gasteiger partial charge in [0.05, 0.1) is 12.1 Å². The summed E-state index contributed by atoms with van der Waals surface area (Å²) in [5, 5.41) is 2.76. The van der Waals surface area contributed by atoms with Crippen LogP contribution in [-0.2, 0) is 10.0 Å². The number of nitrogens with zero attached hydrogens (tertiary/aromatic N) is 1. The summed E-state index contributed by atoms with van der Waals surface area (Å²) in [6.07, 6.45) is 1.70. The van der Waals surface area contributed by atoms with Gasteiger partial charge in [-0.2, -0.15) is 0 Å². The van der Waals surface area contributed by atoms with E-state index in [1.165, 1.54) is 36.6 Å². The number of nitrogen functional groups attached to an aromatic ring is 1. The number of anilines is 1. The van der Waals surface area contributed by atoms with Gasteiger partial charge in [-0.25, -0.2) is 18.1 Å². The third-order valence-corrected chi connectivity index (χ3v) is 5.40. The minimum atomic E-state index is -3.66. The Hall–Kier alpha value is -1.64. The average molecular weight is 327 g/mol. The molecule has 1 atom stereocenters. The van der Waals surface area contributed by atoms with E-state index in [-0.39, 0.29) is 23.1 Å². The Kier molecular flexibility index (Phi) is 4.81. The van der Waals surface area contributed by atoms with Gasteiger partial charge < -0.3 is 10.5 Å². The van der Waals surface area contributed by atoms with Crippen LogP contribution >= 0.6 is 11.3 Å². The van der Waals surface area contributed by atoms with E-state index in [0.29, 0.717) is 5.69 Å². The maximum absolute atomic E-state index is 12.3. The van der Waals surface area contributed by atoms with Crippen LogP contribution in [0, 0.1) is 0 Å². The van der Waals surface area contributed by atoms with Crippen molar-refractivity contribution in [3.63, 3.8) is 0 Å². The van der Waals surface area contributed by atoms with Crippen molar-refractivity contribution < 1.29 is 13.2 Å². The molecule has 0 saturated heterocycles. The van der Waals surface area contributed by atoms with Gasteiger partial charge in [-0.3, -0.25) is 0 Å². The van der Waals surface area contributed by atoms with Crippen molar-refractivity contribution in [1.29, 1.82) is 0 Å². The Morgan fingerprint density at radius 1 is 1.48 bits per heavy atom. The quantitative estimate of drug-likeness (QED) is 0.789. The fraction of sp³-hybridized carbons (Fsp3) is 0.308. The number of sulfonamides is 1. The highest BCUT2D eigenvalue weighted by Gasteiger charge is 2.21.